The Hall–Kier alpha value is -3.50. The van der Waals surface area contributed by atoms with E-state index in [1.54, 1.807) is 43.4 Å². The highest BCUT2D eigenvalue weighted by molar-refractivity contribution is 5.90. The van der Waals surface area contributed by atoms with Gasteiger partial charge in [-0.25, -0.2) is 15.0 Å². The lowest BCUT2D eigenvalue weighted by Gasteiger charge is -2.15. The predicted molar refractivity (Wildman–Crippen MR) is 118 cm³/mol. The third-order valence-corrected chi connectivity index (χ3v) is 5.15. The van der Waals surface area contributed by atoms with Gasteiger partial charge in [-0.1, -0.05) is 24.3 Å². The summed E-state index contributed by atoms with van der Waals surface area (Å²) < 4.78 is 20.1. The Labute approximate surface area is 185 Å². The minimum absolute atomic E-state index is 0.198. The number of nitrogens with zero attached hydrogens (tertiary/aromatic N) is 2. The molecule has 0 radical (unpaired) electrons. The molecule has 32 heavy (non-hydrogen) atoms. The van der Waals surface area contributed by atoms with E-state index in [4.69, 9.17) is 10.6 Å². The van der Waals surface area contributed by atoms with Gasteiger partial charge in [-0.2, -0.15) is 0 Å². The molecule has 1 saturated heterocycles. The van der Waals surface area contributed by atoms with E-state index in [-0.39, 0.29) is 25.4 Å². The van der Waals surface area contributed by atoms with Crippen LogP contribution >= 0.6 is 0 Å². The molecule has 1 fully saturated rings. The summed E-state index contributed by atoms with van der Waals surface area (Å²) in [4.78, 5) is 28.4. The highest BCUT2D eigenvalue weighted by Crippen LogP contribution is 2.30. The summed E-state index contributed by atoms with van der Waals surface area (Å²) in [6, 6.07) is 11.3. The largest absolute Gasteiger partial charge is 0.442 e. The fourth-order valence-electron chi connectivity index (χ4n) is 3.40. The summed E-state index contributed by atoms with van der Waals surface area (Å²) in [5.74, 6) is 5.09. The molecule has 0 aromatic heterocycles. The number of nitrogens with one attached hydrogen (secondary N) is 2. The predicted octanol–water partition coefficient (Wildman–Crippen LogP) is 1.87. The van der Waals surface area contributed by atoms with Gasteiger partial charge in [0.1, 0.15) is 17.8 Å². The lowest BCUT2D eigenvalue weighted by atomic mass is 9.99. The zero-order chi connectivity index (χ0) is 23.3. The van der Waals surface area contributed by atoms with Gasteiger partial charge in [-0.05, 0) is 29.3 Å². The molecule has 0 spiro atoms. The normalized spacial score (nSPS) is 17.2. The summed E-state index contributed by atoms with van der Waals surface area (Å²) in [5.41, 5.74) is 4.43. The quantitative estimate of drug-likeness (QED) is 0.224. The minimum Gasteiger partial charge on any atom is -0.442 e. The molecule has 1 aliphatic heterocycles. The topological polar surface area (TPSA) is 129 Å². The number of amidine groups is 1. The first-order chi connectivity index (χ1) is 15.3. The summed E-state index contributed by atoms with van der Waals surface area (Å²) in [6.07, 6.45) is -1.67. The Bertz CT molecular complexity index is 1010. The lowest BCUT2D eigenvalue weighted by Crippen LogP contribution is -2.33. The van der Waals surface area contributed by atoms with Crippen molar-refractivity contribution in [1.82, 2.24) is 10.7 Å². The number of aliphatic imine (C=N–C) groups is 1. The molecule has 2 atom stereocenters. The molecular weight excluding hydrogens is 417 g/mol. The number of rotatable bonds is 7. The van der Waals surface area contributed by atoms with Crippen molar-refractivity contribution in [3.8, 4) is 11.1 Å². The van der Waals surface area contributed by atoms with E-state index >= 15 is 0 Å². The zero-order valence-corrected chi connectivity index (χ0v) is 17.8. The van der Waals surface area contributed by atoms with Crippen molar-refractivity contribution in [2.24, 2.45) is 10.8 Å². The van der Waals surface area contributed by atoms with Gasteiger partial charge in [-0.3, -0.25) is 14.7 Å². The molecular formula is C22H26FN5O4. The number of amides is 2. The third-order valence-electron chi connectivity index (χ3n) is 5.15. The molecule has 2 unspecified atom stereocenters. The summed E-state index contributed by atoms with van der Waals surface area (Å²) in [5, 5.41) is 12.9. The first-order valence-electron chi connectivity index (χ1n) is 10.0. The van der Waals surface area contributed by atoms with Crippen molar-refractivity contribution < 1.29 is 23.8 Å². The number of carbonyl (C=O) groups is 2. The van der Waals surface area contributed by atoms with E-state index < -0.39 is 24.1 Å². The number of aliphatic hydroxyl groups is 1. The highest BCUT2D eigenvalue weighted by Gasteiger charge is 2.32. The van der Waals surface area contributed by atoms with Crippen molar-refractivity contribution in [3.05, 3.63) is 53.8 Å². The molecule has 0 bridgehead atoms. The van der Waals surface area contributed by atoms with Gasteiger partial charge >= 0.3 is 6.09 Å². The summed E-state index contributed by atoms with van der Waals surface area (Å²) in [7, 11) is 1.57. The number of ether oxygens (including phenoxy) is 1. The Morgan fingerprint density at radius 1 is 1.34 bits per heavy atom. The molecule has 170 valence electrons. The van der Waals surface area contributed by atoms with Crippen LogP contribution in [0.4, 0.5) is 14.9 Å². The smallest absolute Gasteiger partial charge is 0.414 e. The summed E-state index contributed by atoms with van der Waals surface area (Å²) >= 11 is 0. The van der Waals surface area contributed by atoms with E-state index in [0.717, 1.165) is 0 Å². The van der Waals surface area contributed by atoms with Crippen molar-refractivity contribution in [3.63, 3.8) is 0 Å². The Kier molecular flexibility index (Phi) is 7.39. The maximum Gasteiger partial charge on any atom is 0.414 e. The molecule has 2 aromatic carbocycles. The van der Waals surface area contributed by atoms with E-state index in [0.29, 0.717) is 28.2 Å². The second-order valence-electron chi connectivity index (χ2n) is 7.37. The van der Waals surface area contributed by atoms with E-state index in [9.17, 15) is 19.1 Å². The van der Waals surface area contributed by atoms with Gasteiger partial charge in [0.2, 0.25) is 5.91 Å². The lowest BCUT2D eigenvalue weighted by molar-refractivity contribution is -0.119. The molecule has 3 rings (SSSR count). The van der Waals surface area contributed by atoms with Crippen molar-refractivity contribution in [1.29, 1.82) is 0 Å². The third kappa shape index (κ3) is 5.40. The van der Waals surface area contributed by atoms with Gasteiger partial charge in [0, 0.05) is 26.0 Å². The Balaban J connectivity index is 1.71. The number of carbonyl (C=O) groups excluding carboxylic acids is 2. The standard InChI is InChI=1S/C22H26FN5O4/c1-13(29)26-11-17-12-28(22(31)32-17)16-7-8-18(19(23)9-16)14-3-5-15(6-4-14)20(30)10-21(25-2)27-24/h3-9,17,20,30H,10-12,24H2,1-2H3,(H,25,27)(H,26,29). The van der Waals surface area contributed by atoms with Crippen LogP contribution in [0.25, 0.3) is 11.1 Å². The maximum atomic E-state index is 14.9. The van der Waals surface area contributed by atoms with Crippen LogP contribution in [0.3, 0.4) is 0 Å². The SMILES string of the molecule is CN=C(CC(O)c1ccc(-c2ccc(N3CC(CNC(C)=O)OC3=O)cc2F)cc1)NN. The summed E-state index contributed by atoms with van der Waals surface area (Å²) in [6.45, 7) is 1.79. The average molecular weight is 443 g/mol. The Morgan fingerprint density at radius 3 is 2.66 bits per heavy atom. The van der Waals surface area contributed by atoms with Crippen LogP contribution in [-0.2, 0) is 9.53 Å². The minimum atomic E-state index is -0.808. The van der Waals surface area contributed by atoms with Crippen molar-refractivity contribution in [2.45, 2.75) is 25.6 Å². The molecule has 2 amide bonds. The molecule has 2 aromatic rings. The van der Waals surface area contributed by atoms with Crippen LogP contribution in [0.15, 0.2) is 47.5 Å². The fourth-order valence-corrected chi connectivity index (χ4v) is 3.40. The molecule has 10 heteroatoms. The van der Waals surface area contributed by atoms with Crippen LogP contribution < -0.4 is 21.5 Å². The van der Waals surface area contributed by atoms with Crippen LogP contribution in [0, 0.1) is 5.82 Å². The number of benzene rings is 2. The number of hydrazine groups is 1. The second-order valence-corrected chi connectivity index (χ2v) is 7.37. The molecule has 0 saturated carbocycles. The number of hydrogen-bond acceptors (Lipinski definition) is 6. The van der Waals surface area contributed by atoms with Gasteiger partial charge in [-0.15, -0.1) is 0 Å². The van der Waals surface area contributed by atoms with Crippen LogP contribution in [0.1, 0.15) is 25.0 Å². The molecule has 0 aliphatic carbocycles. The first kappa shape index (κ1) is 23.2. The van der Waals surface area contributed by atoms with Crippen LogP contribution in [0.2, 0.25) is 0 Å². The van der Waals surface area contributed by atoms with E-state index in [1.165, 1.54) is 17.9 Å². The second kappa shape index (κ2) is 10.2. The van der Waals surface area contributed by atoms with E-state index in [1.807, 2.05) is 0 Å². The zero-order valence-electron chi connectivity index (χ0n) is 17.8. The van der Waals surface area contributed by atoms with Crippen molar-refractivity contribution >= 4 is 23.5 Å². The fraction of sp³-hybridized carbons (Fsp3) is 0.318. The number of cyclic esters (lactones) is 1. The molecule has 1 heterocycles. The number of nitrogens with two attached hydrogens (primary N) is 1. The first-order valence-corrected chi connectivity index (χ1v) is 10.0. The highest BCUT2D eigenvalue weighted by atomic mass is 19.1. The number of anilines is 1. The van der Waals surface area contributed by atoms with Gasteiger partial charge < -0.3 is 20.6 Å². The van der Waals surface area contributed by atoms with Gasteiger partial charge in [0.25, 0.3) is 0 Å². The number of hydrogen-bond donors (Lipinski definition) is 4. The average Bonchev–Trinajstić information content (AvgIpc) is 3.16. The Morgan fingerprint density at radius 2 is 2.06 bits per heavy atom. The maximum absolute atomic E-state index is 14.9. The van der Waals surface area contributed by atoms with Crippen LogP contribution in [-0.4, -0.2) is 49.2 Å². The molecule has 9 nitrogen and oxygen atoms in total. The molecule has 1 aliphatic rings. The van der Waals surface area contributed by atoms with Gasteiger partial charge in [0.15, 0.2) is 0 Å². The van der Waals surface area contributed by atoms with E-state index in [2.05, 4.69) is 15.7 Å². The van der Waals surface area contributed by atoms with Gasteiger partial charge in [0.05, 0.1) is 24.9 Å². The van der Waals surface area contributed by atoms with Crippen LogP contribution in [0.5, 0.6) is 0 Å². The molecule has 5 N–H and O–H groups in total. The number of halogens is 1. The monoisotopic (exact) mass is 443 g/mol. The van der Waals surface area contributed by atoms with Crippen molar-refractivity contribution in [2.75, 3.05) is 25.0 Å². The number of aliphatic hydroxyl groups excluding tert-OH is 1.